The Morgan fingerprint density at radius 2 is 2.35 bits per heavy atom. The minimum absolute atomic E-state index is 0.176. The van der Waals surface area contributed by atoms with Crippen molar-refractivity contribution in [3.63, 3.8) is 0 Å². The zero-order chi connectivity index (χ0) is 14.6. The average molecular weight is 279 g/mol. The number of hydrogen-bond donors (Lipinski definition) is 3. The van der Waals surface area contributed by atoms with E-state index in [1.807, 2.05) is 13.0 Å². The molecule has 1 aliphatic heterocycles. The smallest absolute Gasteiger partial charge is 0.253 e. The predicted octanol–water partition coefficient (Wildman–Crippen LogP) is 0.816. The lowest BCUT2D eigenvalue weighted by molar-refractivity contribution is -0.0148. The number of benzene rings is 1. The van der Waals surface area contributed by atoms with E-state index in [1.165, 1.54) is 0 Å². The molecule has 0 aromatic heterocycles. The summed E-state index contributed by atoms with van der Waals surface area (Å²) in [5.74, 6) is 5.26. The van der Waals surface area contributed by atoms with E-state index in [2.05, 4.69) is 10.7 Å². The summed E-state index contributed by atoms with van der Waals surface area (Å²) in [5.41, 5.74) is 4.24. The topological polar surface area (TPSA) is 85.6 Å². The molecule has 1 saturated heterocycles. The van der Waals surface area contributed by atoms with Crippen molar-refractivity contribution in [2.45, 2.75) is 18.9 Å². The largest absolute Gasteiger partial charge is 0.378 e. The molecule has 0 saturated carbocycles. The van der Waals surface area contributed by atoms with Crippen LogP contribution in [-0.4, -0.2) is 38.4 Å². The van der Waals surface area contributed by atoms with Gasteiger partial charge in [-0.1, -0.05) is 11.6 Å². The Hall–Kier alpha value is -1.63. The van der Waals surface area contributed by atoms with Crippen LogP contribution in [0.4, 0.5) is 5.69 Å². The molecule has 1 heterocycles. The van der Waals surface area contributed by atoms with Crippen molar-refractivity contribution in [3.05, 3.63) is 29.3 Å². The Morgan fingerprint density at radius 1 is 1.55 bits per heavy atom. The second-order valence-electron chi connectivity index (χ2n) is 5.07. The Morgan fingerprint density at radius 3 is 2.95 bits per heavy atom. The van der Waals surface area contributed by atoms with Crippen molar-refractivity contribution in [1.29, 1.82) is 0 Å². The molecular formula is C14H21N3O3. The maximum atomic E-state index is 12.3. The molecule has 1 aromatic rings. The van der Waals surface area contributed by atoms with Gasteiger partial charge in [0.25, 0.3) is 5.91 Å². The van der Waals surface area contributed by atoms with E-state index in [-0.39, 0.29) is 5.91 Å². The van der Waals surface area contributed by atoms with Gasteiger partial charge in [-0.2, -0.15) is 0 Å². The zero-order valence-electron chi connectivity index (χ0n) is 11.9. The number of nitrogens with one attached hydrogen (secondary N) is 2. The van der Waals surface area contributed by atoms with Gasteiger partial charge in [0.05, 0.1) is 17.9 Å². The highest BCUT2D eigenvalue weighted by Crippen LogP contribution is 2.22. The van der Waals surface area contributed by atoms with E-state index in [9.17, 15) is 4.79 Å². The molecule has 1 aromatic carbocycles. The Bertz CT molecular complexity index is 485. The Labute approximate surface area is 118 Å². The quantitative estimate of drug-likeness (QED) is 0.549. The van der Waals surface area contributed by atoms with Crippen molar-refractivity contribution in [1.82, 2.24) is 5.32 Å². The fourth-order valence-corrected chi connectivity index (χ4v) is 2.27. The minimum Gasteiger partial charge on any atom is -0.378 e. The molecule has 0 bridgehead atoms. The van der Waals surface area contributed by atoms with Crippen LogP contribution in [-0.2, 0) is 9.47 Å². The molecule has 6 nitrogen and oxygen atoms in total. The average Bonchev–Trinajstić information content (AvgIpc) is 2.94. The van der Waals surface area contributed by atoms with Gasteiger partial charge in [0.1, 0.15) is 5.60 Å². The summed E-state index contributed by atoms with van der Waals surface area (Å²) in [6.45, 7) is 3.50. The maximum Gasteiger partial charge on any atom is 0.253 e. The van der Waals surface area contributed by atoms with Gasteiger partial charge in [-0.05, 0) is 19.1 Å². The van der Waals surface area contributed by atoms with Crippen molar-refractivity contribution in [2.75, 3.05) is 32.3 Å². The molecule has 0 aliphatic carbocycles. The molecule has 0 radical (unpaired) electrons. The molecule has 1 atom stereocenters. The van der Waals surface area contributed by atoms with E-state index in [1.54, 1.807) is 19.2 Å². The van der Waals surface area contributed by atoms with Crippen LogP contribution in [0.2, 0.25) is 0 Å². The lowest BCUT2D eigenvalue weighted by Crippen LogP contribution is -2.45. The highest BCUT2D eigenvalue weighted by atomic mass is 16.5. The Kier molecular flexibility index (Phi) is 4.59. The van der Waals surface area contributed by atoms with E-state index in [0.717, 1.165) is 12.0 Å². The van der Waals surface area contributed by atoms with Gasteiger partial charge in [0.15, 0.2) is 0 Å². The first kappa shape index (κ1) is 14.8. The van der Waals surface area contributed by atoms with Crippen molar-refractivity contribution < 1.29 is 14.3 Å². The van der Waals surface area contributed by atoms with Crippen LogP contribution in [0.25, 0.3) is 0 Å². The van der Waals surface area contributed by atoms with Gasteiger partial charge >= 0.3 is 0 Å². The predicted molar refractivity (Wildman–Crippen MR) is 76.5 cm³/mol. The number of carbonyl (C=O) groups excluding carboxylic acids is 1. The molecule has 1 fully saturated rings. The second kappa shape index (κ2) is 6.21. The first-order valence-electron chi connectivity index (χ1n) is 6.58. The fraction of sp³-hybridized carbons (Fsp3) is 0.500. The number of rotatable bonds is 5. The summed E-state index contributed by atoms with van der Waals surface area (Å²) in [6.07, 6.45) is 0.777. The van der Waals surface area contributed by atoms with Gasteiger partial charge in [-0.25, -0.2) is 0 Å². The number of carbonyl (C=O) groups is 1. The van der Waals surface area contributed by atoms with Gasteiger partial charge < -0.3 is 20.2 Å². The molecule has 4 N–H and O–H groups in total. The van der Waals surface area contributed by atoms with Crippen LogP contribution in [0.3, 0.4) is 0 Å². The first-order chi connectivity index (χ1) is 9.60. The van der Waals surface area contributed by atoms with E-state index >= 15 is 0 Å². The van der Waals surface area contributed by atoms with Gasteiger partial charge in [0.2, 0.25) is 0 Å². The van der Waals surface area contributed by atoms with Crippen LogP contribution in [0.15, 0.2) is 18.2 Å². The summed E-state index contributed by atoms with van der Waals surface area (Å²) in [7, 11) is 1.64. The molecule has 2 rings (SSSR count). The number of ether oxygens (including phenoxy) is 2. The van der Waals surface area contributed by atoms with Crippen LogP contribution >= 0.6 is 0 Å². The highest BCUT2D eigenvalue weighted by molar-refractivity contribution is 5.99. The summed E-state index contributed by atoms with van der Waals surface area (Å²) in [6, 6.07) is 5.48. The molecule has 1 aliphatic rings. The fourth-order valence-electron chi connectivity index (χ4n) is 2.27. The maximum absolute atomic E-state index is 12.3. The van der Waals surface area contributed by atoms with Crippen LogP contribution in [0.1, 0.15) is 22.3 Å². The standard InChI is InChI=1S/C14H21N3O3/c1-10-3-4-12(17-15)11(7-10)13(18)16-8-14(19-2)5-6-20-9-14/h3-4,7,17H,5-6,8-9,15H2,1-2H3,(H,16,18). The van der Waals surface area contributed by atoms with Crippen LogP contribution in [0.5, 0.6) is 0 Å². The zero-order valence-corrected chi connectivity index (χ0v) is 11.9. The summed E-state index contributed by atoms with van der Waals surface area (Å²) < 4.78 is 10.8. The lowest BCUT2D eigenvalue weighted by atomic mass is 10.0. The number of aryl methyl sites for hydroxylation is 1. The summed E-state index contributed by atoms with van der Waals surface area (Å²) in [5, 5.41) is 2.90. The normalized spacial score (nSPS) is 21.8. The number of hydrogen-bond acceptors (Lipinski definition) is 5. The minimum atomic E-state index is -0.421. The number of anilines is 1. The SMILES string of the molecule is COC1(CNC(=O)c2cc(C)ccc2NN)CCOC1. The van der Waals surface area contributed by atoms with E-state index in [0.29, 0.717) is 31.0 Å². The third-order valence-electron chi connectivity index (χ3n) is 3.65. The molecule has 1 unspecified atom stereocenters. The van der Waals surface area contributed by atoms with Crippen LogP contribution in [0, 0.1) is 6.92 Å². The van der Waals surface area contributed by atoms with Crippen molar-refractivity contribution >= 4 is 11.6 Å². The summed E-state index contributed by atoms with van der Waals surface area (Å²) in [4.78, 5) is 12.3. The Balaban J connectivity index is 2.06. The first-order valence-corrected chi connectivity index (χ1v) is 6.58. The number of amides is 1. The molecule has 110 valence electrons. The van der Waals surface area contributed by atoms with Gasteiger partial charge in [-0.3, -0.25) is 10.6 Å². The lowest BCUT2D eigenvalue weighted by Gasteiger charge is -2.26. The highest BCUT2D eigenvalue weighted by Gasteiger charge is 2.35. The third kappa shape index (κ3) is 3.09. The molecule has 20 heavy (non-hydrogen) atoms. The monoisotopic (exact) mass is 279 g/mol. The van der Waals surface area contributed by atoms with E-state index in [4.69, 9.17) is 15.3 Å². The second-order valence-corrected chi connectivity index (χ2v) is 5.07. The molecule has 1 amide bonds. The number of hydrazine groups is 1. The third-order valence-corrected chi connectivity index (χ3v) is 3.65. The number of nitrogen functional groups attached to an aromatic ring is 1. The van der Waals surface area contributed by atoms with Crippen molar-refractivity contribution in [2.24, 2.45) is 5.84 Å². The van der Waals surface area contributed by atoms with Gasteiger partial charge in [0, 0.05) is 26.7 Å². The number of nitrogens with two attached hydrogens (primary N) is 1. The van der Waals surface area contributed by atoms with Crippen LogP contribution < -0.4 is 16.6 Å². The van der Waals surface area contributed by atoms with E-state index < -0.39 is 5.60 Å². The molecular weight excluding hydrogens is 258 g/mol. The van der Waals surface area contributed by atoms with Gasteiger partial charge in [-0.15, -0.1) is 0 Å². The number of methoxy groups -OCH3 is 1. The summed E-state index contributed by atoms with van der Waals surface area (Å²) >= 11 is 0. The molecule has 0 spiro atoms. The molecule has 6 heteroatoms. The van der Waals surface area contributed by atoms with Crippen molar-refractivity contribution in [3.8, 4) is 0 Å².